The molecular formula is C25H25N3O4S. The number of benzene rings is 3. The normalized spacial score (nSPS) is 11.5. The average molecular weight is 464 g/mol. The van der Waals surface area contributed by atoms with Gasteiger partial charge in [-0.1, -0.05) is 12.1 Å². The van der Waals surface area contributed by atoms with Crippen LogP contribution in [0.3, 0.4) is 0 Å². The number of aryl methyl sites for hydroxylation is 4. The third-order valence-electron chi connectivity index (χ3n) is 5.64. The second kappa shape index (κ2) is 8.37. The van der Waals surface area contributed by atoms with Crippen LogP contribution < -0.4 is 15.0 Å². The molecule has 33 heavy (non-hydrogen) atoms. The van der Waals surface area contributed by atoms with Crippen molar-refractivity contribution >= 4 is 26.6 Å². The molecule has 0 aliphatic carbocycles. The third kappa shape index (κ3) is 4.09. The fourth-order valence-electron chi connectivity index (χ4n) is 3.92. The second-order valence-corrected chi connectivity index (χ2v) is 9.66. The van der Waals surface area contributed by atoms with E-state index in [1.807, 2.05) is 6.07 Å². The minimum absolute atomic E-state index is 0.171. The summed E-state index contributed by atoms with van der Waals surface area (Å²) in [5, 5.41) is 0.524. The van der Waals surface area contributed by atoms with Gasteiger partial charge in [0.2, 0.25) is 0 Å². The summed E-state index contributed by atoms with van der Waals surface area (Å²) in [5.74, 6) is 1.19. The van der Waals surface area contributed by atoms with Crippen LogP contribution in [-0.4, -0.2) is 25.1 Å². The number of aromatic nitrogens is 2. The molecular weight excluding hydrogens is 438 g/mol. The lowest BCUT2D eigenvalue weighted by Crippen LogP contribution is -2.22. The fraction of sp³-hybridized carbons (Fsp3) is 0.200. The molecule has 0 amide bonds. The fourth-order valence-corrected chi connectivity index (χ4v) is 5.36. The molecule has 0 unspecified atom stereocenters. The number of hydrogen-bond acceptors (Lipinski definition) is 5. The number of ether oxygens (including phenoxy) is 1. The number of methoxy groups -OCH3 is 1. The minimum Gasteiger partial charge on any atom is -0.496 e. The van der Waals surface area contributed by atoms with Gasteiger partial charge >= 0.3 is 0 Å². The Morgan fingerprint density at radius 3 is 2.33 bits per heavy atom. The van der Waals surface area contributed by atoms with Gasteiger partial charge in [-0.05, 0) is 86.8 Å². The van der Waals surface area contributed by atoms with Crippen molar-refractivity contribution < 1.29 is 13.2 Å². The standard InChI is InChI=1S/C25H25N3O4S/c1-15-12-19(28-18(4)26-22-9-7-6-8-20(22)25(28)29)10-11-21(15)27-33(30,31)24-14-16(2)23(32-5)13-17(24)3/h6-14,27H,1-5H3. The Balaban J connectivity index is 1.73. The van der Waals surface area contributed by atoms with Gasteiger partial charge in [0.1, 0.15) is 11.6 Å². The maximum absolute atomic E-state index is 13.1. The molecule has 0 atom stereocenters. The summed E-state index contributed by atoms with van der Waals surface area (Å²) in [6, 6.07) is 15.7. The molecule has 4 rings (SSSR count). The van der Waals surface area contributed by atoms with E-state index < -0.39 is 10.0 Å². The molecule has 0 spiro atoms. The quantitative estimate of drug-likeness (QED) is 0.473. The number of nitrogens with one attached hydrogen (secondary N) is 1. The van der Waals surface area contributed by atoms with Crippen molar-refractivity contribution in [3.8, 4) is 11.4 Å². The molecule has 7 nitrogen and oxygen atoms in total. The van der Waals surface area contributed by atoms with Crippen molar-refractivity contribution in [2.45, 2.75) is 32.6 Å². The zero-order chi connectivity index (χ0) is 23.9. The molecule has 1 heterocycles. The predicted molar refractivity (Wildman–Crippen MR) is 130 cm³/mol. The molecule has 0 radical (unpaired) electrons. The first-order chi connectivity index (χ1) is 15.6. The summed E-state index contributed by atoms with van der Waals surface area (Å²) in [7, 11) is -2.27. The summed E-state index contributed by atoms with van der Waals surface area (Å²) in [6.45, 7) is 7.10. The Bertz CT molecular complexity index is 1560. The van der Waals surface area contributed by atoms with E-state index in [4.69, 9.17) is 4.74 Å². The maximum atomic E-state index is 13.1. The zero-order valence-electron chi connectivity index (χ0n) is 19.1. The van der Waals surface area contributed by atoms with Gasteiger partial charge < -0.3 is 4.74 Å². The van der Waals surface area contributed by atoms with Crippen LogP contribution in [0.4, 0.5) is 5.69 Å². The molecule has 4 aromatic rings. The monoisotopic (exact) mass is 463 g/mol. The topological polar surface area (TPSA) is 90.3 Å². The Morgan fingerprint density at radius 2 is 1.64 bits per heavy atom. The first-order valence-corrected chi connectivity index (χ1v) is 11.9. The number of hydrogen-bond donors (Lipinski definition) is 1. The lowest BCUT2D eigenvalue weighted by Gasteiger charge is -2.16. The van der Waals surface area contributed by atoms with E-state index in [0.29, 0.717) is 45.0 Å². The van der Waals surface area contributed by atoms with Gasteiger partial charge in [0.05, 0.1) is 34.3 Å². The Morgan fingerprint density at radius 1 is 0.909 bits per heavy atom. The van der Waals surface area contributed by atoms with E-state index in [-0.39, 0.29) is 10.5 Å². The van der Waals surface area contributed by atoms with Crippen LogP contribution in [0.1, 0.15) is 22.5 Å². The molecule has 170 valence electrons. The smallest absolute Gasteiger partial charge is 0.265 e. The number of para-hydroxylation sites is 1. The highest BCUT2D eigenvalue weighted by atomic mass is 32.2. The van der Waals surface area contributed by atoms with Crippen LogP contribution in [0, 0.1) is 27.7 Å². The lowest BCUT2D eigenvalue weighted by molar-refractivity contribution is 0.411. The first kappa shape index (κ1) is 22.5. The summed E-state index contributed by atoms with van der Waals surface area (Å²) in [6.07, 6.45) is 0. The van der Waals surface area contributed by atoms with Gasteiger partial charge in [0, 0.05) is 0 Å². The van der Waals surface area contributed by atoms with Crippen LogP contribution in [-0.2, 0) is 10.0 Å². The molecule has 0 saturated heterocycles. The Kier molecular flexibility index (Phi) is 5.71. The highest BCUT2D eigenvalue weighted by Gasteiger charge is 2.20. The van der Waals surface area contributed by atoms with E-state index >= 15 is 0 Å². The molecule has 8 heteroatoms. The summed E-state index contributed by atoms with van der Waals surface area (Å²) >= 11 is 0. The van der Waals surface area contributed by atoms with Crippen molar-refractivity contribution in [3.63, 3.8) is 0 Å². The molecule has 1 aromatic heterocycles. The Hall–Kier alpha value is -3.65. The largest absolute Gasteiger partial charge is 0.496 e. The number of anilines is 1. The predicted octanol–water partition coefficient (Wildman–Crippen LogP) is 4.43. The van der Waals surface area contributed by atoms with Crippen LogP contribution in [0.2, 0.25) is 0 Å². The van der Waals surface area contributed by atoms with E-state index in [1.165, 1.54) is 4.57 Å². The Labute approximate surface area is 192 Å². The maximum Gasteiger partial charge on any atom is 0.265 e. The highest BCUT2D eigenvalue weighted by Crippen LogP contribution is 2.28. The number of nitrogens with zero attached hydrogens (tertiary/aromatic N) is 2. The third-order valence-corrected chi connectivity index (χ3v) is 7.15. The summed E-state index contributed by atoms with van der Waals surface area (Å²) < 4.78 is 35.7. The second-order valence-electron chi connectivity index (χ2n) is 8.01. The van der Waals surface area contributed by atoms with Gasteiger partial charge in [-0.15, -0.1) is 0 Å². The number of fused-ring (bicyclic) bond motifs is 1. The zero-order valence-corrected chi connectivity index (χ0v) is 19.9. The van der Waals surface area contributed by atoms with Crippen LogP contribution in [0.25, 0.3) is 16.6 Å². The van der Waals surface area contributed by atoms with Gasteiger partial charge in [0.25, 0.3) is 15.6 Å². The lowest BCUT2D eigenvalue weighted by atomic mass is 10.1. The van der Waals surface area contributed by atoms with Crippen molar-refractivity contribution in [1.82, 2.24) is 9.55 Å². The van der Waals surface area contributed by atoms with Crippen LogP contribution in [0.5, 0.6) is 5.75 Å². The number of sulfonamides is 1. The van der Waals surface area contributed by atoms with Crippen molar-refractivity contribution in [3.05, 3.63) is 87.5 Å². The molecule has 0 saturated carbocycles. The SMILES string of the molecule is COc1cc(C)c(S(=O)(=O)Nc2ccc(-n3c(C)nc4ccccc4c3=O)cc2C)cc1C. The first-order valence-electron chi connectivity index (χ1n) is 10.4. The summed E-state index contributed by atoms with van der Waals surface area (Å²) in [4.78, 5) is 17.8. The summed E-state index contributed by atoms with van der Waals surface area (Å²) in [5.41, 5.74) is 3.52. The minimum atomic E-state index is -3.82. The van der Waals surface area contributed by atoms with Crippen molar-refractivity contribution in [2.24, 2.45) is 0 Å². The molecule has 0 fully saturated rings. The average Bonchev–Trinajstić information content (AvgIpc) is 2.76. The molecule has 3 aromatic carbocycles. The van der Waals surface area contributed by atoms with E-state index in [0.717, 1.165) is 5.56 Å². The van der Waals surface area contributed by atoms with Crippen LogP contribution >= 0.6 is 0 Å². The van der Waals surface area contributed by atoms with E-state index in [9.17, 15) is 13.2 Å². The van der Waals surface area contributed by atoms with Gasteiger partial charge in [-0.2, -0.15) is 0 Å². The van der Waals surface area contributed by atoms with Gasteiger partial charge in [0.15, 0.2) is 0 Å². The number of rotatable bonds is 5. The van der Waals surface area contributed by atoms with Gasteiger partial charge in [-0.25, -0.2) is 13.4 Å². The van der Waals surface area contributed by atoms with Crippen LogP contribution in [0.15, 0.2) is 64.3 Å². The van der Waals surface area contributed by atoms with Crippen molar-refractivity contribution in [1.29, 1.82) is 0 Å². The molecule has 0 aliphatic rings. The van der Waals surface area contributed by atoms with Gasteiger partial charge in [-0.3, -0.25) is 14.1 Å². The van der Waals surface area contributed by atoms with Crippen molar-refractivity contribution in [2.75, 3.05) is 11.8 Å². The van der Waals surface area contributed by atoms with E-state index in [2.05, 4.69) is 9.71 Å². The molecule has 1 N–H and O–H groups in total. The highest BCUT2D eigenvalue weighted by molar-refractivity contribution is 7.92. The molecule has 0 aliphatic heterocycles. The van der Waals surface area contributed by atoms with E-state index in [1.54, 1.807) is 83.3 Å². The molecule has 0 bridgehead atoms.